The number of urea groups is 1. The van der Waals surface area contributed by atoms with E-state index in [0.29, 0.717) is 4.47 Å². The van der Waals surface area contributed by atoms with Gasteiger partial charge in [0.2, 0.25) is 0 Å². The number of hydrogen-bond acceptors (Lipinski definition) is 3. The molecule has 8 heteroatoms. The average molecular weight is 321 g/mol. The molecule has 0 aliphatic heterocycles. The second-order valence-electron chi connectivity index (χ2n) is 3.31. The van der Waals surface area contributed by atoms with Crippen LogP contribution in [0.25, 0.3) is 0 Å². The van der Waals surface area contributed by atoms with Crippen LogP contribution in [0.15, 0.2) is 22.7 Å². The average Bonchev–Trinajstić information content (AvgIpc) is 2.30. The third kappa shape index (κ3) is 4.30. The minimum Gasteiger partial charge on any atom is -0.479 e. The van der Waals surface area contributed by atoms with Gasteiger partial charge in [-0.2, -0.15) is 0 Å². The topological polar surface area (TPSA) is 98.7 Å². The van der Waals surface area contributed by atoms with E-state index in [4.69, 9.17) is 10.2 Å². The highest BCUT2D eigenvalue weighted by Gasteiger charge is 2.14. The second kappa shape index (κ2) is 6.31. The van der Waals surface area contributed by atoms with Gasteiger partial charge in [0.05, 0.1) is 12.2 Å². The Morgan fingerprint density at radius 1 is 1.44 bits per heavy atom. The van der Waals surface area contributed by atoms with Crippen LogP contribution >= 0.6 is 15.9 Å². The number of aliphatic hydroxyl groups is 1. The molecule has 1 atom stereocenters. The van der Waals surface area contributed by atoms with Gasteiger partial charge in [0.15, 0.2) is 6.10 Å². The van der Waals surface area contributed by atoms with Crippen LogP contribution in [0.2, 0.25) is 0 Å². The van der Waals surface area contributed by atoms with E-state index in [9.17, 15) is 14.0 Å². The number of benzene rings is 1. The number of hydrogen-bond donors (Lipinski definition) is 4. The number of aliphatic hydroxyl groups excluding tert-OH is 1. The van der Waals surface area contributed by atoms with Crippen molar-refractivity contribution < 1.29 is 24.2 Å². The smallest absolute Gasteiger partial charge is 0.334 e. The summed E-state index contributed by atoms with van der Waals surface area (Å²) in [6.07, 6.45) is -1.71. The molecule has 1 rings (SSSR count). The summed E-state index contributed by atoms with van der Waals surface area (Å²) in [5.74, 6) is -2.09. The zero-order valence-electron chi connectivity index (χ0n) is 8.98. The maximum absolute atomic E-state index is 13.3. The predicted octanol–water partition coefficient (Wildman–Crippen LogP) is 1.16. The Kier molecular flexibility index (Phi) is 5.05. The third-order valence-corrected chi connectivity index (χ3v) is 2.41. The Bertz CT molecular complexity index is 469. The fourth-order valence-electron chi connectivity index (χ4n) is 1.04. The van der Waals surface area contributed by atoms with Gasteiger partial charge in [0, 0.05) is 4.47 Å². The fraction of sp³-hybridized carbons (Fsp3) is 0.200. The summed E-state index contributed by atoms with van der Waals surface area (Å²) in [5, 5.41) is 21.6. The molecule has 18 heavy (non-hydrogen) atoms. The maximum atomic E-state index is 13.3. The quantitative estimate of drug-likeness (QED) is 0.669. The molecular weight excluding hydrogens is 311 g/mol. The summed E-state index contributed by atoms with van der Waals surface area (Å²) in [5.41, 5.74) is -0.0633. The lowest BCUT2D eigenvalue weighted by Crippen LogP contribution is -2.38. The summed E-state index contributed by atoms with van der Waals surface area (Å²) in [6, 6.07) is 3.16. The van der Waals surface area contributed by atoms with Crippen molar-refractivity contribution in [3.05, 3.63) is 28.5 Å². The summed E-state index contributed by atoms with van der Waals surface area (Å²) < 4.78 is 13.8. The molecule has 98 valence electrons. The number of carboxylic acids is 1. The molecule has 0 aromatic heterocycles. The van der Waals surface area contributed by atoms with Crippen LogP contribution in [0.3, 0.4) is 0 Å². The van der Waals surface area contributed by atoms with Gasteiger partial charge < -0.3 is 20.8 Å². The van der Waals surface area contributed by atoms with Gasteiger partial charge in [0.1, 0.15) is 5.82 Å². The molecule has 0 saturated carbocycles. The first-order valence-electron chi connectivity index (χ1n) is 4.81. The molecule has 6 nitrogen and oxygen atoms in total. The molecule has 1 aromatic rings. The fourth-order valence-corrected chi connectivity index (χ4v) is 1.40. The zero-order chi connectivity index (χ0) is 13.7. The van der Waals surface area contributed by atoms with Gasteiger partial charge in [-0.1, -0.05) is 15.9 Å². The highest BCUT2D eigenvalue weighted by atomic mass is 79.9. The van der Waals surface area contributed by atoms with Gasteiger partial charge in [-0.15, -0.1) is 0 Å². The normalized spacial score (nSPS) is 11.7. The van der Waals surface area contributed by atoms with Crippen LogP contribution in [0, 0.1) is 5.82 Å². The van der Waals surface area contributed by atoms with Crippen LogP contribution in [0.4, 0.5) is 14.9 Å². The van der Waals surface area contributed by atoms with Gasteiger partial charge in [-0.05, 0) is 18.2 Å². The van der Waals surface area contributed by atoms with Crippen molar-refractivity contribution in [3.63, 3.8) is 0 Å². The van der Waals surface area contributed by atoms with Crippen LogP contribution in [0.5, 0.6) is 0 Å². The number of carboxylic acid groups (broad SMARTS) is 1. The highest BCUT2D eigenvalue weighted by Crippen LogP contribution is 2.19. The van der Waals surface area contributed by atoms with Crippen molar-refractivity contribution in [1.29, 1.82) is 0 Å². The van der Waals surface area contributed by atoms with Gasteiger partial charge in [-0.3, -0.25) is 0 Å². The van der Waals surface area contributed by atoms with E-state index < -0.39 is 30.5 Å². The monoisotopic (exact) mass is 320 g/mol. The van der Waals surface area contributed by atoms with E-state index in [1.54, 1.807) is 0 Å². The largest absolute Gasteiger partial charge is 0.479 e. The molecule has 0 radical (unpaired) electrons. The number of rotatable bonds is 4. The van der Waals surface area contributed by atoms with Crippen LogP contribution in [-0.4, -0.2) is 34.9 Å². The summed E-state index contributed by atoms with van der Waals surface area (Å²) in [6.45, 7) is -0.475. The number of amides is 2. The lowest BCUT2D eigenvalue weighted by Gasteiger charge is -2.10. The Hall–Kier alpha value is -1.67. The van der Waals surface area contributed by atoms with Crippen LogP contribution < -0.4 is 10.6 Å². The molecular formula is C10H10BrFN2O4. The highest BCUT2D eigenvalue weighted by molar-refractivity contribution is 9.10. The molecule has 0 aliphatic rings. The maximum Gasteiger partial charge on any atom is 0.334 e. The van der Waals surface area contributed by atoms with Crippen molar-refractivity contribution in [1.82, 2.24) is 5.32 Å². The van der Waals surface area contributed by atoms with Gasteiger partial charge in [0.25, 0.3) is 0 Å². The van der Waals surface area contributed by atoms with Crippen molar-refractivity contribution in [2.24, 2.45) is 0 Å². The minimum absolute atomic E-state index is 0.0633. The van der Waals surface area contributed by atoms with Crippen molar-refractivity contribution in [3.8, 4) is 0 Å². The molecule has 0 fully saturated rings. The van der Waals surface area contributed by atoms with Crippen molar-refractivity contribution in [2.45, 2.75) is 6.10 Å². The van der Waals surface area contributed by atoms with Gasteiger partial charge in [-0.25, -0.2) is 14.0 Å². The number of nitrogens with one attached hydrogen (secondary N) is 2. The molecule has 0 spiro atoms. The standard InChI is InChI=1S/C10H10BrFN2O4/c11-5-1-2-6(12)7(3-5)14-10(18)13-4-8(15)9(16)17/h1-3,8,15H,4H2,(H,16,17)(H2,13,14,18). The third-order valence-electron chi connectivity index (χ3n) is 1.92. The number of anilines is 1. The van der Waals surface area contributed by atoms with E-state index in [0.717, 1.165) is 6.07 Å². The molecule has 1 unspecified atom stereocenters. The molecule has 0 aliphatic carbocycles. The molecule has 0 saturated heterocycles. The van der Waals surface area contributed by atoms with E-state index in [1.807, 2.05) is 0 Å². The SMILES string of the molecule is O=C(NCC(O)C(=O)O)Nc1cc(Br)ccc1F. The summed E-state index contributed by atoms with van der Waals surface area (Å²) >= 11 is 3.11. The first-order valence-corrected chi connectivity index (χ1v) is 5.60. The molecule has 2 amide bonds. The summed E-state index contributed by atoms with van der Waals surface area (Å²) in [7, 11) is 0. The first-order chi connectivity index (χ1) is 8.40. The van der Waals surface area contributed by atoms with Crippen LogP contribution in [-0.2, 0) is 4.79 Å². The molecule has 4 N–H and O–H groups in total. The van der Waals surface area contributed by atoms with E-state index in [2.05, 4.69) is 26.6 Å². The van der Waals surface area contributed by atoms with E-state index >= 15 is 0 Å². The predicted molar refractivity (Wildman–Crippen MR) is 64.8 cm³/mol. The Balaban J connectivity index is 2.54. The zero-order valence-corrected chi connectivity index (χ0v) is 10.6. The minimum atomic E-state index is -1.71. The lowest BCUT2D eigenvalue weighted by atomic mass is 10.3. The Labute approximate surface area is 110 Å². The number of carbonyl (C=O) groups excluding carboxylic acids is 1. The first kappa shape index (κ1) is 14.4. The van der Waals surface area contributed by atoms with Crippen molar-refractivity contribution in [2.75, 3.05) is 11.9 Å². The van der Waals surface area contributed by atoms with E-state index in [-0.39, 0.29) is 5.69 Å². The Morgan fingerprint density at radius 3 is 2.72 bits per heavy atom. The molecule has 0 bridgehead atoms. The molecule has 0 heterocycles. The second-order valence-corrected chi connectivity index (χ2v) is 4.23. The summed E-state index contributed by atoms with van der Waals surface area (Å²) in [4.78, 5) is 21.6. The number of aliphatic carboxylic acids is 1. The van der Waals surface area contributed by atoms with Gasteiger partial charge >= 0.3 is 12.0 Å². The molecule has 1 aromatic carbocycles. The van der Waals surface area contributed by atoms with Crippen LogP contribution in [0.1, 0.15) is 0 Å². The number of halogens is 2. The number of carbonyl (C=O) groups is 2. The van der Waals surface area contributed by atoms with Crippen molar-refractivity contribution >= 4 is 33.6 Å². The van der Waals surface area contributed by atoms with E-state index in [1.165, 1.54) is 12.1 Å². The Morgan fingerprint density at radius 2 is 2.11 bits per heavy atom. The lowest BCUT2D eigenvalue weighted by molar-refractivity contribution is -0.146.